The highest BCUT2D eigenvalue weighted by molar-refractivity contribution is 7.90. The quantitative estimate of drug-likeness (QED) is 0.466. The number of ketones is 1. The number of carbonyl (C=O) groups excluding carboxylic acids is 1. The molecule has 0 unspecified atom stereocenters. The average molecular weight is 408 g/mol. The molecule has 5 nitrogen and oxygen atoms in total. The van der Waals surface area contributed by atoms with E-state index in [2.05, 4.69) is 14.7 Å². The van der Waals surface area contributed by atoms with Gasteiger partial charge in [0, 0.05) is 33.8 Å². The molecule has 8 heteroatoms. The maximum absolute atomic E-state index is 13.3. The van der Waals surface area contributed by atoms with Gasteiger partial charge in [-0.05, 0) is 45.4 Å². The van der Waals surface area contributed by atoms with Gasteiger partial charge in [0.25, 0.3) is 0 Å². The minimum Gasteiger partial charge on any atom is -0.598 e. The topological polar surface area (TPSA) is 80.8 Å². The lowest BCUT2D eigenvalue weighted by Crippen LogP contribution is -2.41. The van der Waals surface area contributed by atoms with Crippen LogP contribution in [0, 0.1) is 5.82 Å². The number of benzene rings is 1. The van der Waals surface area contributed by atoms with Crippen LogP contribution in [-0.2, 0) is 11.4 Å². The zero-order valence-corrected chi connectivity index (χ0v) is 17.3. The van der Waals surface area contributed by atoms with Crippen LogP contribution in [0.25, 0.3) is 10.9 Å². The first-order valence-corrected chi connectivity index (χ1v) is 10.7. The van der Waals surface area contributed by atoms with E-state index in [-0.39, 0.29) is 22.4 Å². The van der Waals surface area contributed by atoms with E-state index in [1.165, 1.54) is 23.5 Å². The van der Waals surface area contributed by atoms with Crippen molar-refractivity contribution in [3.05, 3.63) is 51.9 Å². The monoisotopic (exact) mass is 407 g/mol. The molecule has 3 rings (SSSR count). The molecule has 27 heavy (non-hydrogen) atoms. The fourth-order valence-corrected chi connectivity index (χ4v) is 4.33. The maximum atomic E-state index is 13.3. The van der Waals surface area contributed by atoms with Crippen LogP contribution in [0.2, 0.25) is 0 Å². The summed E-state index contributed by atoms with van der Waals surface area (Å²) in [6.45, 7) is 7.68. The maximum Gasteiger partial charge on any atom is 0.223 e. The van der Waals surface area contributed by atoms with Crippen LogP contribution >= 0.6 is 11.3 Å². The van der Waals surface area contributed by atoms with E-state index in [0.717, 1.165) is 0 Å². The van der Waals surface area contributed by atoms with Gasteiger partial charge in [0.15, 0.2) is 5.01 Å². The number of hydrogen-bond donors (Lipinski definition) is 2. The van der Waals surface area contributed by atoms with Gasteiger partial charge >= 0.3 is 0 Å². The zero-order chi connectivity index (χ0) is 19.8. The highest BCUT2D eigenvalue weighted by Gasteiger charge is 2.30. The number of nitrogens with one attached hydrogen (secondary N) is 2. The molecule has 1 aromatic carbocycles. The second-order valence-corrected chi connectivity index (χ2v) is 10.1. The second kappa shape index (κ2) is 7.71. The predicted octanol–water partition coefficient (Wildman–Crippen LogP) is 4.50. The van der Waals surface area contributed by atoms with Crippen LogP contribution in [0.4, 0.5) is 4.39 Å². The van der Waals surface area contributed by atoms with Crippen molar-refractivity contribution in [2.75, 3.05) is 0 Å². The lowest BCUT2D eigenvalue weighted by molar-refractivity contribution is 0.103. The summed E-state index contributed by atoms with van der Waals surface area (Å²) in [4.78, 5) is 20.3. The largest absolute Gasteiger partial charge is 0.598 e. The van der Waals surface area contributed by atoms with Crippen molar-refractivity contribution in [1.82, 2.24) is 14.7 Å². The Bertz CT molecular complexity index is 961. The number of hydrogen-bond acceptors (Lipinski definition) is 5. The Hall–Kier alpha value is -1.74. The van der Waals surface area contributed by atoms with Crippen LogP contribution in [0.1, 0.15) is 61.2 Å². The van der Waals surface area contributed by atoms with Crippen molar-refractivity contribution in [1.29, 1.82) is 0 Å². The number of rotatable bonds is 6. The van der Waals surface area contributed by atoms with Gasteiger partial charge in [-0.3, -0.25) is 4.79 Å². The molecule has 0 amide bonds. The average Bonchev–Trinajstić information content (AvgIpc) is 3.24. The van der Waals surface area contributed by atoms with Gasteiger partial charge in [-0.2, -0.15) is 0 Å². The Morgan fingerprint density at radius 1 is 1.44 bits per heavy atom. The molecule has 0 aliphatic heterocycles. The van der Waals surface area contributed by atoms with Crippen LogP contribution in [0.15, 0.2) is 29.8 Å². The molecular weight excluding hydrogens is 385 g/mol. The Kier molecular flexibility index (Phi) is 5.71. The molecule has 0 aliphatic carbocycles. The summed E-state index contributed by atoms with van der Waals surface area (Å²) in [6.07, 6.45) is 2.28. The minimum absolute atomic E-state index is 0.195. The third-order valence-electron chi connectivity index (χ3n) is 4.18. The zero-order valence-electron chi connectivity index (χ0n) is 15.6. The normalized spacial score (nSPS) is 14.4. The summed E-state index contributed by atoms with van der Waals surface area (Å²) >= 11 is 0.0279. The molecule has 0 saturated heterocycles. The van der Waals surface area contributed by atoms with Crippen LogP contribution < -0.4 is 4.72 Å². The SMILES string of the molecule is CC[C@H](N[S@@+]([O-])C(C)(C)C)c1csc(C(=O)c2c[nH]c3cc(F)ccc23)n1. The van der Waals surface area contributed by atoms with Gasteiger partial charge < -0.3 is 9.54 Å². The third-order valence-corrected chi connectivity index (χ3v) is 6.65. The number of halogens is 1. The summed E-state index contributed by atoms with van der Waals surface area (Å²) in [7, 11) is 0. The molecule has 0 bridgehead atoms. The van der Waals surface area contributed by atoms with Gasteiger partial charge in [-0.15, -0.1) is 16.1 Å². The highest BCUT2D eigenvalue weighted by Crippen LogP contribution is 2.27. The predicted molar refractivity (Wildman–Crippen MR) is 108 cm³/mol. The summed E-state index contributed by atoms with van der Waals surface area (Å²) in [5, 5.41) is 2.84. The van der Waals surface area contributed by atoms with Gasteiger partial charge in [0.05, 0.1) is 17.3 Å². The highest BCUT2D eigenvalue weighted by atomic mass is 32.2. The molecule has 3 aromatic rings. The number of fused-ring (bicyclic) bond motifs is 1. The molecule has 0 saturated carbocycles. The first kappa shape index (κ1) is 20.0. The van der Waals surface area contributed by atoms with Crippen molar-refractivity contribution in [3.63, 3.8) is 0 Å². The Balaban J connectivity index is 1.84. The van der Waals surface area contributed by atoms with E-state index in [9.17, 15) is 13.7 Å². The molecule has 2 aromatic heterocycles. The Morgan fingerprint density at radius 2 is 2.19 bits per heavy atom. The first-order valence-electron chi connectivity index (χ1n) is 8.65. The van der Waals surface area contributed by atoms with Crippen LogP contribution in [0.3, 0.4) is 0 Å². The smallest absolute Gasteiger partial charge is 0.223 e. The van der Waals surface area contributed by atoms with Crippen molar-refractivity contribution in [3.8, 4) is 0 Å². The van der Waals surface area contributed by atoms with E-state index in [4.69, 9.17) is 0 Å². The fourth-order valence-electron chi connectivity index (χ4n) is 2.61. The Morgan fingerprint density at radius 3 is 2.85 bits per heavy atom. The molecule has 0 spiro atoms. The van der Waals surface area contributed by atoms with E-state index >= 15 is 0 Å². The van der Waals surface area contributed by atoms with Gasteiger partial charge in [0.1, 0.15) is 10.6 Å². The lowest BCUT2D eigenvalue weighted by atomic mass is 10.1. The molecule has 144 valence electrons. The van der Waals surface area contributed by atoms with Crippen molar-refractivity contribution in [2.24, 2.45) is 0 Å². The number of aromatic nitrogens is 2. The molecule has 2 heterocycles. The summed E-state index contributed by atoms with van der Waals surface area (Å²) in [6, 6.07) is 4.09. The van der Waals surface area contributed by atoms with E-state index in [0.29, 0.717) is 33.6 Å². The molecule has 0 aliphatic rings. The van der Waals surface area contributed by atoms with Crippen molar-refractivity contribution < 1.29 is 13.7 Å². The Labute approximate surface area is 164 Å². The first-order chi connectivity index (χ1) is 12.7. The molecule has 0 radical (unpaired) electrons. The van der Waals surface area contributed by atoms with Crippen LogP contribution in [-0.4, -0.2) is 25.1 Å². The molecule has 0 fully saturated rings. The van der Waals surface area contributed by atoms with E-state index < -0.39 is 11.4 Å². The van der Waals surface area contributed by atoms with Crippen molar-refractivity contribution >= 4 is 39.4 Å². The number of nitrogens with zero attached hydrogens (tertiary/aromatic N) is 1. The van der Waals surface area contributed by atoms with Gasteiger partial charge in [0.2, 0.25) is 5.78 Å². The number of carbonyl (C=O) groups is 1. The summed E-state index contributed by atoms with van der Waals surface area (Å²) < 4.78 is 28.4. The number of aromatic amines is 1. The van der Waals surface area contributed by atoms with Crippen molar-refractivity contribution in [2.45, 2.75) is 44.9 Å². The summed E-state index contributed by atoms with van der Waals surface area (Å²) in [5.41, 5.74) is 1.74. The minimum atomic E-state index is -1.23. The van der Waals surface area contributed by atoms with E-state index in [1.807, 2.05) is 33.1 Å². The second-order valence-electron chi connectivity index (χ2n) is 7.26. The number of thiazole rings is 1. The molecular formula is C19H22FN3O2S2. The third kappa shape index (κ3) is 4.24. The van der Waals surface area contributed by atoms with Gasteiger partial charge in [-0.25, -0.2) is 9.37 Å². The van der Waals surface area contributed by atoms with Gasteiger partial charge in [-0.1, -0.05) is 6.92 Å². The lowest BCUT2D eigenvalue weighted by Gasteiger charge is -2.26. The van der Waals surface area contributed by atoms with Crippen LogP contribution in [0.5, 0.6) is 0 Å². The fraction of sp³-hybridized carbons (Fsp3) is 0.368. The summed E-state index contributed by atoms with van der Waals surface area (Å²) in [5.74, 6) is -0.570. The number of H-pyrrole nitrogens is 1. The molecule has 2 N–H and O–H groups in total. The molecule has 2 atom stereocenters. The standard InChI is InChI=1S/C19H22FN3O2S2/c1-5-14(23-27(25)19(2,3)4)16-10-26-18(22-16)17(24)13-9-21-15-8-11(20)6-7-12(13)15/h6-10,14,21,23H,5H2,1-4H3/t14-,27-/m0/s1. The van der Waals surface area contributed by atoms with E-state index in [1.54, 1.807) is 12.3 Å².